The molecule has 0 aromatic heterocycles. The summed E-state index contributed by atoms with van der Waals surface area (Å²) < 4.78 is 51.6. The van der Waals surface area contributed by atoms with Crippen LogP contribution in [-0.4, -0.2) is 13.0 Å². The minimum absolute atomic E-state index is 0.168. The molecule has 0 saturated heterocycles. The highest BCUT2D eigenvalue weighted by Gasteiger charge is 2.30. The molecule has 0 bridgehead atoms. The predicted octanol–water partition coefficient (Wildman–Crippen LogP) is 3.71. The number of aliphatic imine (C=N–C) groups is 1. The molecular weight excluding hydrogens is 322 g/mol. The van der Waals surface area contributed by atoms with Crippen LogP contribution >= 0.6 is 0 Å². The normalized spacial score (nSPS) is 12.1. The molecule has 128 valence electrons. The largest absolute Gasteiger partial charge is 0.416 e. The first kappa shape index (κ1) is 17.8. The SMILES string of the molecule is CN=C(NCc1cccc(C(F)(F)F)c1)NCc1ccccc1F. The molecule has 3 nitrogen and oxygen atoms in total. The van der Waals surface area contributed by atoms with Crippen molar-refractivity contribution in [2.24, 2.45) is 4.99 Å². The predicted molar refractivity (Wildman–Crippen MR) is 84.9 cm³/mol. The Kier molecular flexibility index (Phi) is 5.78. The quantitative estimate of drug-likeness (QED) is 0.506. The van der Waals surface area contributed by atoms with E-state index in [1.807, 2.05) is 0 Å². The molecule has 0 aliphatic rings. The number of hydrogen-bond donors (Lipinski definition) is 2. The van der Waals surface area contributed by atoms with Crippen molar-refractivity contribution >= 4 is 5.96 Å². The number of hydrogen-bond acceptors (Lipinski definition) is 1. The molecule has 0 aliphatic heterocycles. The van der Waals surface area contributed by atoms with Crippen LogP contribution in [0.4, 0.5) is 17.6 Å². The molecule has 0 unspecified atom stereocenters. The van der Waals surface area contributed by atoms with Crippen LogP contribution in [0.5, 0.6) is 0 Å². The smallest absolute Gasteiger partial charge is 0.352 e. The van der Waals surface area contributed by atoms with Gasteiger partial charge in [0.2, 0.25) is 0 Å². The van der Waals surface area contributed by atoms with Crippen LogP contribution in [0.1, 0.15) is 16.7 Å². The number of alkyl halides is 3. The van der Waals surface area contributed by atoms with Crippen LogP contribution in [0.15, 0.2) is 53.5 Å². The Hall–Kier alpha value is -2.57. The molecule has 0 fully saturated rings. The van der Waals surface area contributed by atoms with Gasteiger partial charge in [-0.05, 0) is 23.8 Å². The van der Waals surface area contributed by atoms with Gasteiger partial charge in [0, 0.05) is 25.7 Å². The van der Waals surface area contributed by atoms with Gasteiger partial charge >= 0.3 is 6.18 Å². The number of benzene rings is 2. The van der Waals surface area contributed by atoms with Gasteiger partial charge in [-0.3, -0.25) is 4.99 Å². The van der Waals surface area contributed by atoms with Crippen LogP contribution in [-0.2, 0) is 19.3 Å². The molecule has 7 heteroatoms. The zero-order chi connectivity index (χ0) is 17.6. The van der Waals surface area contributed by atoms with E-state index in [1.54, 1.807) is 24.3 Å². The number of rotatable bonds is 4. The third kappa shape index (κ3) is 4.97. The first-order valence-corrected chi connectivity index (χ1v) is 7.24. The van der Waals surface area contributed by atoms with Gasteiger partial charge < -0.3 is 10.6 Å². The van der Waals surface area contributed by atoms with Crippen molar-refractivity contribution < 1.29 is 17.6 Å². The summed E-state index contributed by atoms with van der Waals surface area (Å²) in [5.41, 5.74) is 0.245. The van der Waals surface area contributed by atoms with E-state index in [0.717, 1.165) is 12.1 Å². The van der Waals surface area contributed by atoms with Gasteiger partial charge in [0.1, 0.15) is 5.82 Å². The van der Waals surface area contributed by atoms with Gasteiger partial charge in [0.15, 0.2) is 5.96 Å². The van der Waals surface area contributed by atoms with Gasteiger partial charge in [-0.2, -0.15) is 13.2 Å². The fraction of sp³-hybridized carbons (Fsp3) is 0.235. The molecule has 0 atom stereocenters. The van der Waals surface area contributed by atoms with E-state index in [4.69, 9.17) is 0 Å². The standard InChI is InChI=1S/C17H17F4N3/c1-22-16(24-11-13-6-2-3-8-15(13)18)23-10-12-5-4-7-14(9-12)17(19,20)21/h2-9H,10-11H2,1H3,(H2,22,23,24). The monoisotopic (exact) mass is 339 g/mol. The lowest BCUT2D eigenvalue weighted by Crippen LogP contribution is -2.36. The molecule has 2 aromatic rings. The summed E-state index contributed by atoms with van der Waals surface area (Å²) in [7, 11) is 1.53. The molecule has 0 heterocycles. The second-order valence-electron chi connectivity index (χ2n) is 5.07. The topological polar surface area (TPSA) is 36.4 Å². The maximum atomic E-state index is 13.5. The summed E-state index contributed by atoms with van der Waals surface area (Å²) in [6, 6.07) is 11.4. The van der Waals surface area contributed by atoms with Crippen molar-refractivity contribution in [2.75, 3.05) is 7.05 Å². The van der Waals surface area contributed by atoms with Gasteiger partial charge in [-0.25, -0.2) is 4.39 Å². The van der Waals surface area contributed by atoms with Crippen LogP contribution in [0.25, 0.3) is 0 Å². The molecule has 2 N–H and O–H groups in total. The molecular formula is C17H17F4N3. The molecule has 0 aliphatic carbocycles. The highest BCUT2D eigenvalue weighted by molar-refractivity contribution is 5.79. The number of nitrogens with one attached hydrogen (secondary N) is 2. The summed E-state index contributed by atoms with van der Waals surface area (Å²) >= 11 is 0. The number of guanidine groups is 1. The Balaban J connectivity index is 1.94. The maximum Gasteiger partial charge on any atom is 0.416 e. The van der Waals surface area contributed by atoms with E-state index in [0.29, 0.717) is 17.1 Å². The van der Waals surface area contributed by atoms with Gasteiger partial charge in [0.05, 0.1) is 5.56 Å². The highest BCUT2D eigenvalue weighted by Crippen LogP contribution is 2.29. The molecule has 0 saturated carbocycles. The first-order chi connectivity index (χ1) is 11.4. The summed E-state index contributed by atoms with van der Waals surface area (Å²) in [5, 5.41) is 5.82. The Morgan fingerprint density at radius 1 is 1.00 bits per heavy atom. The average Bonchev–Trinajstić information content (AvgIpc) is 2.56. The van der Waals surface area contributed by atoms with Gasteiger partial charge in [-0.15, -0.1) is 0 Å². The second-order valence-corrected chi connectivity index (χ2v) is 5.07. The minimum Gasteiger partial charge on any atom is -0.352 e. The third-order valence-electron chi connectivity index (χ3n) is 3.34. The third-order valence-corrected chi connectivity index (χ3v) is 3.34. The Morgan fingerprint density at radius 3 is 2.38 bits per heavy atom. The Bertz CT molecular complexity index is 711. The van der Waals surface area contributed by atoms with E-state index in [1.165, 1.54) is 19.2 Å². The molecule has 2 aromatic carbocycles. The Labute approximate surface area is 137 Å². The van der Waals surface area contributed by atoms with Gasteiger partial charge in [-0.1, -0.05) is 30.3 Å². The van der Waals surface area contributed by atoms with Crippen LogP contribution in [0, 0.1) is 5.82 Å². The fourth-order valence-electron chi connectivity index (χ4n) is 2.08. The van der Waals surface area contributed by atoms with E-state index >= 15 is 0 Å². The summed E-state index contributed by atoms with van der Waals surface area (Å²) in [6.45, 7) is 0.385. The van der Waals surface area contributed by atoms with Crippen molar-refractivity contribution in [1.82, 2.24) is 10.6 Å². The summed E-state index contributed by atoms with van der Waals surface area (Å²) in [6.07, 6.45) is -4.37. The average molecular weight is 339 g/mol. The van der Waals surface area contributed by atoms with Crippen LogP contribution < -0.4 is 10.6 Å². The maximum absolute atomic E-state index is 13.5. The van der Waals surface area contributed by atoms with E-state index in [9.17, 15) is 17.6 Å². The first-order valence-electron chi connectivity index (χ1n) is 7.24. The van der Waals surface area contributed by atoms with Crippen molar-refractivity contribution in [2.45, 2.75) is 19.3 Å². The van der Waals surface area contributed by atoms with E-state index < -0.39 is 11.7 Å². The fourth-order valence-corrected chi connectivity index (χ4v) is 2.08. The van der Waals surface area contributed by atoms with E-state index in [-0.39, 0.29) is 18.9 Å². The van der Waals surface area contributed by atoms with Crippen LogP contribution in [0.3, 0.4) is 0 Å². The molecule has 24 heavy (non-hydrogen) atoms. The zero-order valence-electron chi connectivity index (χ0n) is 13.0. The summed E-state index contributed by atoms with van der Waals surface area (Å²) in [5.74, 6) is 0.0361. The lowest BCUT2D eigenvalue weighted by molar-refractivity contribution is -0.137. The molecule has 0 amide bonds. The lowest BCUT2D eigenvalue weighted by Gasteiger charge is -2.13. The Morgan fingerprint density at radius 2 is 1.71 bits per heavy atom. The number of halogens is 4. The van der Waals surface area contributed by atoms with Crippen LogP contribution in [0.2, 0.25) is 0 Å². The van der Waals surface area contributed by atoms with Gasteiger partial charge in [0.25, 0.3) is 0 Å². The summed E-state index contributed by atoms with van der Waals surface area (Å²) in [4.78, 5) is 3.97. The molecule has 2 rings (SSSR count). The second kappa shape index (κ2) is 7.81. The number of nitrogens with zero attached hydrogens (tertiary/aromatic N) is 1. The van der Waals surface area contributed by atoms with E-state index in [2.05, 4.69) is 15.6 Å². The lowest BCUT2D eigenvalue weighted by atomic mass is 10.1. The van der Waals surface area contributed by atoms with Crippen molar-refractivity contribution in [3.05, 3.63) is 71.0 Å². The molecule has 0 spiro atoms. The van der Waals surface area contributed by atoms with Crippen molar-refractivity contribution in [1.29, 1.82) is 0 Å². The molecule has 0 radical (unpaired) electrons. The van der Waals surface area contributed by atoms with Crippen molar-refractivity contribution in [3.8, 4) is 0 Å². The van der Waals surface area contributed by atoms with Crippen molar-refractivity contribution in [3.63, 3.8) is 0 Å². The zero-order valence-corrected chi connectivity index (χ0v) is 13.0. The highest BCUT2D eigenvalue weighted by atomic mass is 19.4. The minimum atomic E-state index is -4.37.